The molecule has 2 aromatic rings. The number of aromatic nitrogens is 1. The van der Waals surface area contributed by atoms with E-state index in [4.69, 9.17) is 0 Å². The molecule has 1 aromatic heterocycles. The number of phenolic OH excluding ortho intramolecular Hbond substituents is 1. The van der Waals surface area contributed by atoms with E-state index in [1.807, 2.05) is 26.0 Å². The van der Waals surface area contributed by atoms with Crippen molar-refractivity contribution in [2.45, 2.75) is 20.8 Å². The van der Waals surface area contributed by atoms with Gasteiger partial charge in [-0.1, -0.05) is 6.07 Å². The summed E-state index contributed by atoms with van der Waals surface area (Å²) in [6.45, 7) is 5.53. The molecule has 0 fully saturated rings. The van der Waals surface area contributed by atoms with Crippen LogP contribution in [-0.4, -0.2) is 16.0 Å². The summed E-state index contributed by atoms with van der Waals surface area (Å²) < 4.78 is 0. The molecule has 0 aliphatic heterocycles. The van der Waals surface area contributed by atoms with Crippen molar-refractivity contribution < 1.29 is 9.90 Å². The molecule has 1 heterocycles. The topological polar surface area (TPSA) is 62.2 Å². The molecule has 2 N–H and O–H groups in total. The fourth-order valence-electron chi connectivity index (χ4n) is 1.96. The first kappa shape index (κ1) is 13.1. The third-order valence-corrected chi connectivity index (χ3v) is 2.89. The van der Waals surface area contributed by atoms with Crippen LogP contribution in [-0.2, 0) is 0 Å². The van der Waals surface area contributed by atoms with Crippen LogP contribution in [0.4, 0.5) is 5.82 Å². The number of hydrogen-bond donors (Lipinski definition) is 2. The molecule has 1 amide bonds. The van der Waals surface area contributed by atoms with Crippen molar-refractivity contribution in [2.24, 2.45) is 0 Å². The Morgan fingerprint density at radius 1 is 1.21 bits per heavy atom. The average Bonchev–Trinajstić information content (AvgIpc) is 2.31. The van der Waals surface area contributed by atoms with E-state index in [0.29, 0.717) is 16.9 Å². The van der Waals surface area contributed by atoms with Crippen LogP contribution in [0, 0.1) is 20.8 Å². The Hall–Kier alpha value is -2.36. The van der Waals surface area contributed by atoms with Crippen molar-refractivity contribution in [1.82, 2.24) is 4.98 Å². The largest absolute Gasteiger partial charge is 0.508 e. The van der Waals surface area contributed by atoms with Crippen LogP contribution in [0.5, 0.6) is 5.75 Å². The molecule has 0 atom stereocenters. The number of anilines is 1. The number of amides is 1. The fourth-order valence-corrected chi connectivity index (χ4v) is 1.96. The molecule has 0 spiro atoms. The van der Waals surface area contributed by atoms with E-state index < -0.39 is 0 Å². The Morgan fingerprint density at radius 3 is 2.63 bits per heavy atom. The van der Waals surface area contributed by atoms with E-state index in [9.17, 15) is 9.90 Å². The quantitative estimate of drug-likeness (QED) is 0.868. The SMILES string of the molecule is Cc1cc(C)nc(NC(=O)c2cccc(O)c2C)c1. The number of pyridine rings is 1. The lowest BCUT2D eigenvalue weighted by atomic mass is 10.1. The number of carbonyl (C=O) groups excluding carboxylic acids is 1. The lowest BCUT2D eigenvalue weighted by molar-refractivity contribution is 0.102. The molecular formula is C15H16N2O2. The van der Waals surface area contributed by atoms with E-state index in [1.54, 1.807) is 25.1 Å². The Labute approximate surface area is 112 Å². The summed E-state index contributed by atoms with van der Waals surface area (Å²) in [5.74, 6) is 0.358. The molecule has 0 unspecified atom stereocenters. The van der Waals surface area contributed by atoms with Crippen molar-refractivity contribution >= 4 is 11.7 Å². The molecule has 1 aromatic carbocycles. The van der Waals surface area contributed by atoms with Crippen LogP contribution in [0.15, 0.2) is 30.3 Å². The van der Waals surface area contributed by atoms with Crippen molar-refractivity contribution in [3.63, 3.8) is 0 Å². The van der Waals surface area contributed by atoms with Gasteiger partial charge in [-0.15, -0.1) is 0 Å². The van der Waals surface area contributed by atoms with Crippen LogP contribution >= 0.6 is 0 Å². The van der Waals surface area contributed by atoms with Gasteiger partial charge in [0.2, 0.25) is 0 Å². The number of aryl methyl sites for hydroxylation is 2. The summed E-state index contributed by atoms with van der Waals surface area (Å²) in [4.78, 5) is 16.4. The highest BCUT2D eigenvalue weighted by Crippen LogP contribution is 2.20. The molecule has 0 radical (unpaired) electrons. The zero-order valence-corrected chi connectivity index (χ0v) is 11.2. The number of nitrogens with zero attached hydrogens (tertiary/aromatic N) is 1. The maximum Gasteiger partial charge on any atom is 0.257 e. The molecule has 0 bridgehead atoms. The molecule has 4 nitrogen and oxygen atoms in total. The molecule has 0 saturated carbocycles. The third-order valence-electron chi connectivity index (χ3n) is 2.89. The standard InChI is InChI=1S/C15H16N2O2/c1-9-7-10(2)16-14(8-9)17-15(19)12-5-4-6-13(18)11(12)3/h4-8,18H,1-3H3,(H,16,17,19). The molecule has 0 aliphatic rings. The van der Waals surface area contributed by atoms with E-state index >= 15 is 0 Å². The zero-order chi connectivity index (χ0) is 14.0. The molecular weight excluding hydrogens is 240 g/mol. The van der Waals surface area contributed by atoms with Gasteiger partial charge in [0.15, 0.2) is 0 Å². The van der Waals surface area contributed by atoms with Gasteiger partial charge in [-0.2, -0.15) is 0 Å². The van der Waals surface area contributed by atoms with Gasteiger partial charge in [0.05, 0.1) is 0 Å². The fraction of sp³-hybridized carbons (Fsp3) is 0.200. The zero-order valence-electron chi connectivity index (χ0n) is 11.2. The van der Waals surface area contributed by atoms with E-state index in [-0.39, 0.29) is 11.7 Å². The smallest absolute Gasteiger partial charge is 0.257 e. The van der Waals surface area contributed by atoms with Crippen LogP contribution in [0.25, 0.3) is 0 Å². The second kappa shape index (κ2) is 5.10. The van der Waals surface area contributed by atoms with Crippen LogP contribution in [0.1, 0.15) is 27.2 Å². The number of hydrogen-bond acceptors (Lipinski definition) is 3. The van der Waals surface area contributed by atoms with E-state index in [1.165, 1.54) is 0 Å². The first-order chi connectivity index (χ1) is 8.97. The van der Waals surface area contributed by atoms with Gasteiger partial charge in [0.25, 0.3) is 5.91 Å². The van der Waals surface area contributed by atoms with Crippen molar-refractivity contribution in [3.8, 4) is 5.75 Å². The predicted molar refractivity (Wildman–Crippen MR) is 74.5 cm³/mol. The number of benzene rings is 1. The van der Waals surface area contributed by atoms with Gasteiger partial charge in [-0.25, -0.2) is 4.98 Å². The van der Waals surface area contributed by atoms with E-state index in [0.717, 1.165) is 11.3 Å². The Morgan fingerprint density at radius 2 is 1.95 bits per heavy atom. The lowest BCUT2D eigenvalue weighted by Crippen LogP contribution is -2.14. The normalized spacial score (nSPS) is 10.3. The second-order valence-corrected chi connectivity index (χ2v) is 4.57. The molecule has 0 aliphatic carbocycles. The highest BCUT2D eigenvalue weighted by Gasteiger charge is 2.12. The van der Waals surface area contributed by atoms with E-state index in [2.05, 4.69) is 10.3 Å². The molecule has 2 rings (SSSR count). The Balaban J connectivity index is 2.28. The summed E-state index contributed by atoms with van der Waals surface area (Å²) in [5, 5.41) is 12.4. The predicted octanol–water partition coefficient (Wildman–Crippen LogP) is 2.96. The third kappa shape index (κ3) is 2.91. The maximum absolute atomic E-state index is 12.1. The van der Waals surface area contributed by atoms with Gasteiger partial charge in [-0.3, -0.25) is 4.79 Å². The first-order valence-electron chi connectivity index (χ1n) is 6.02. The molecule has 0 saturated heterocycles. The average molecular weight is 256 g/mol. The summed E-state index contributed by atoms with van der Waals surface area (Å²) in [6.07, 6.45) is 0. The van der Waals surface area contributed by atoms with Gasteiger partial charge in [-0.05, 0) is 50.6 Å². The monoisotopic (exact) mass is 256 g/mol. The lowest BCUT2D eigenvalue weighted by Gasteiger charge is -2.09. The Kier molecular flexibility index (Phi) is 3.51. The number of carbonyl (C=O) groups is 1. The van der Waals surface area contributed by atoms with Crippen molar-refractivity contribution in [2.75, 3.05) is 5.32 Å². The summed E-state index contributed by atoms with van der Waals surface area (Å²) in [7, 11) is 0. The number of rotatable bonds is 2. The van der Waals surface area contributed by atoms with Crippen LogP contribution in [0.3, 0.4) is 0 Å². The summed E-state index contributed by atoms with van der Waals surface area (Å²) >= 11 is 0. The Bertz CT molecular complexity index is 616. The number of phenols is 1. The molecule has 98 valence electrons. The first-order valence-corrected chi connectivity index (χ1v) is 6.02. The second-order valence-electron chi connectivity index (χ2n) is 4.57. The highest BCUT2D eigenvalue weighted by molar-refractivity contribution is 6.05. The molecule has 19 heavy (non-hydrogen) atoms. The van der Waals surface area contributed by atoms with Gasteiger partial charge < -0.3 is 10.4 Å². The van der Waals surface area contributed by atoms with Crippen molar-refractivity contribution in [1.29, 1.82) is 0 Å². The minimum atomic E-state index is -0.272. The number of nitrogens with one attached hydrogen (secondary N) is 1. The minimum Gasteiger partial charge on any atom is -0.508 e. The van der Waals surface area contributed by atoms with Gasteiger partial charge in [0.1, 0.15) is 11.6 Å². The molecule has 4 heteroatoms. The van der Waals surface area contributed by atoms with Gasteiger partial charge in [0, 0.05) is 16.8 Å². The highest BCUT2D eigenvalue weighted by atomic mass is 16.3. The minimum absolute atomic E-state index is 0.112. The van der Waals surface area contributed by atoms with Gasteiger partial charge >= 0.3 is 0 Å². The van der Waals surface area contributed by atoms with Crippen molar-refractivity contribution in [3.05, 3.63) is 52.7 Å². The maximum atomic E-state index is 12.1. The van der Waals surface area contributed by atoms with Crippen LogP contribution < -0.4 is 5.32 Å². The van der Waals surface area contributed by atoms with Crippen LogP contribution in [0.2, 0.25) is 0 Å². The summed E-state index contributed by atoms with van der Waals surface area (Å²) in [6, 6.07) is 8.62. The number of aromatic hydroxyl groups is 1. The summed E-state index contributed by atoms with van der Waals surface area (Å²) in [5.41, 5.74) is 2.89.